The van der Waals surface area contributed by atoms with E-state index in [-0.39, 0.29) is 5.54 Å². The molecular formula is C15H23NO. The molecule has 1 aliphatic carbocycles. The van der Waals surface area contributed by atoms with Crippen molar-refractivity contribution in [1.29, 1.82) is 0 Å². The molecule has 0 radical (unpaired) electrons. The van der Waals surface area contributed by atoms with E-state index in [1.54, 1.807) is 7.11 Å². The van der Waals surface area contributed by atoms with Gasteiger partial charge >= 0.3 is 0 Å². The maximum atomic E-state index is 6.60. The Morgan fingerprint density at radius 3 is 2.24 bits per heavy atom. The second kappa shape index (κ2) is 4.34. The normalized spacial score (nSPS) is 18.4. The monoisotopic (exact) mass is 233 g/mol. The Hall–Kier alpha value is -1.02. The zero-order valence-corrected chi connectivity index (χ0v) is 11.4. The Morgan fingerprint density at radius 1 is 1.12 bits per heavy atom. The number of aryl methyl sites for hydroxylation is 2. The minimum absolute atomic E-state index is 0.173. The Bertz CT molecular complexity index is 431. The third kappa shape index (κ3) is 1.95. The van der Waals surface area contributed by atoms with Crippen LogP contribution >= 0.6 is 0 Å². The van der Waals surface area contributed by atoms with Crippen molar-refractivity contribution in [3.8, 4) is 5.75 Å². The summed E-state index contributed by atoms with van der Waals surface area (Å²) in [5, 5.41) is 0. The summed E-state index contributed by atoms with van der Waals surface area (Å²) in [6.07, 6.45) is 4.61. The quantitative estimate of drug-likeness (QED) is 0.850. The van der Waals surface area contributed by atoms with Crippen LogP contribution in [0.2, 0.25) is 0 Å². The molecule has 0 aliphatic heterocycles. The molecule has 2 nitrogen and oxygen atoms in total. The predicted octanol–water partition coefficient (Wildman–Crippen LogP) is 3.35. The summed E-state index contributed by atoms with van der Waals surface area (Å²) < 4.78 is 5.64. The molecule has 0 amide bonds. The van der Waals surface area contributed by atoms with Crippen molar-refractivity contribution in [3.63, 3.8) is 0 Å². The molecule has 0 saturated heterocycles. The summed E-state index contributed by atoms with van der Waals surface area (Å²) in [6, 6.07) is 2.24. The molecular weight excluding hydrogens is 210 g/mol. The minimum atomic E-state index is -0.173. The topological polar surface area (TPSA) is 35.2 Å². The van der Waals surface area contributed by atoms with Gasteiger partial charge in [0.1, 0.15) is 5.75 Å². The molecule has 1 saturated carbocycles. The van der Waals surface area contributed by atoms with Gasteiger partial charge in [0.15, 0.2) is 0 Å². The summed E-state index contributed by atoms with van der Waals surface area (Å²) in [6.45, 7) is 6.40. The summed E-state index contributed by atoms with van der Waals surface area (Å²) in [4.78, 5) is 0. The van der Waals surface area contributed by atoms with E-state index in [9.17, 15) is 0 Å². The van der Waals surface area contributed by atoms with E-state index < -0.39 is 0 Å². The lowest BCUT2D eigenvalue weighted by Gasteiger charge is -2.29. The smallest absolute Gasteiger partial charge is 0.127 e. The van der Waals surface area contributed by atoms with Crippen molar-refractivity contribution < 1.29 is 4.74 Å². The Balaban J connectivity index is 2.63. The van der Waals surface area contributed by atoms with Crippen LogP contribution in [0.5, 0.6) is 5.75 Å². The summed E-state index contributed by atoms with van der Waals surface area (Å²) >= 11 is 0. The molecule has 1 aliphatic rings. The fourth-order valence-corrected chi connectivity index (χ4v) is 3.18. The summed E-state index contributed by atoms with van der Waals surface area (Å²) in [5.74, 6) is 1.01. The average Bonchev–Trinajstić information content (AvgIpc) is 2.70. The molecule has 2 rings (SSSR count). The largest absolute Gasteiger partial charge is 0.496 e. The van der Waals surface area contributed by atoms with E-state index >= 15 is 0 Å². The van der Waals surface area contributed by atoms with Gasteiger partial charge in [-0.1, -0.05) is 18.9 Å². The highest BCUT2D eigenvalue weighted by molar-refractivity contribution is 5.53. The number of benzene rings is 1. The number of rotatable bonds is 2. The standard InChI is InChI=1S/C15H23NO/c1-10-9-11(2)13(14(17-4)12(10)3)15(16)7-5-6-8-15/h9H,5-8,16H2,1-4H3. The zero-order valence-electron chi connectivity index (χ0n) is 11.4. The van der Waals surface area contributed by atoms with E-state index in [1.165, 1.54) is 35.1 Å². The lowest BCUT2D eigenvalue weighted by molar-refractivity contribution is 0.375. The van der Waals surface area contributed by atoms with Crippen LogP contribution in [-0.4, -0.2) is 7.11 Å². The van der Waals surface area contributed by atoms with Crippen LogP contribution < -0.4 is 10.5 Å². The SMILES string of the molecule is COc1c(C)c(C)cc(C)c1C1(N)CCCC1. The highest BCUT2D eigenvalue weighted by Gasteiger charge is 2.35. The van der Waals surface area contributed by atoms with Crippen LogP contribution in [0.4, 0.5) is 0 Å². The molecule has 0 unspecified atom stereocenters. The van der Waals surface area contributed by atoms with Gasteiger partial charge in [0, 0.05) is 11.1 Å². The number of ether oxygens (including phenoxy) is 1. The minimum Gasteiger partial charge on any atom is -0.496 e. The van der Waals surface area contributed by atoms with E-state index in [4.69, 9.17) is 10.5 Å². The molecule has 0 bridgehead atoms. The lowest BCUT2D eigenvalue weighted by atomic mass is 9.83. The third-order valence-electron chi connectivity index (χ3n) is 4.18. The Kier molecular flexibility index (Phi) is 3.17. The third-order valence-corrected chi connectivity index (χ3v) is 4.18. The fourth-order valence-electron chi connectivity index (χ4n) is 3.18. The fraction of sp³-hybridized carbons (Fsp3) is 0.600. The van der Waals surface area contributed by atoms with Crippen molar-refractivity contribution in [3.05, 3.63) is 28.3 Å². The average molecular weight is 233 g/mol. The van der Waals surface area contributed by atoms with Gasteiger partial charge in [0.2, 0.25) is 0 Å². The molecule has 94 valence electrons. The zero-order chi connectivity index (χ0) is 12.6. The molecule has 1 aromatic rings. The predicted molar refractivity (Wildman–Crippen MR) is 71.5 cm³/mol. The second-order valence-corrected chi connectivity index (χ2v) is 5.41. The molecule has 1 fully saturated rings. The lowest BCUT2D eigenvalue weighted by Crippen LogP contribution is -2.34. The van der Waals surface area contributed by atoms with E-state index in [0.717, 1.165) is 18.6 Å². The van der Waals surface area contributed by atoms with Crippen LogP contribution in [0.3, 0.4) is 0 Å². The number of hydrogen-bond acceptors (Lipinski definition) is 2. The summed E-state index contributed by atoms with van der Waals surface area (Å²) in [7, 11) is 1.75. The van der Waals surface area contributed by atoms with Crippen LogP contribution in [0.1, 0.15) is 47.9 Å². The molecule has 17 heavy (non-hydrogen) atoms. The van der Waals surface area contributed by atoms with Gasteiger partial charge in [-0.05, 0) is 50.3 Å². The van der Waals surface area contributed by atoms with Gasteiger partial charge in [-0.15, -0.1) is 0 Å². The number of methoxy groups -OCH3 is 1. The van der Waals surface area contributed by atoms with Gasteiger partial charge in [0.25, 0.3) is 0 Å². The van der Waals surface area contributed by atoms with Crippen LogP contribution in [0, 0.1) is 20.8 Å². The molecule has 0 spiro atoms. The first-order valence-corrected chi connectivity index (χ1v) is 6.44. The van der Waals surface area contributed by atoms with Gasteiger partial charge < -0.3 is 10.5 Å². The molecule has 2 N–H and O–H groups in total. The molecule has 2 heteroatoms. The van der Waals surface area contributed by atoms with Gasteiger partial charge in [0.05, 0.1) is 7.11 Å². The van der Waals surface area contributed by atoms with Crippen LogP contribution in [0.25, 0.3) is 0 Å². The van der Waals surface area contributed by atoms with Gasteiger partial charge in [-0.3, -0.25) is 0 Å². The van der Waals surface area contributed by atoms with Gasteiger partial charge in [-0.2, -0.15) is 0 Å². The Morgan fingerprint density at radius 2 is 1.71 bits per heavy atom. The van der Waals surface area contributed by atoms with Crippen molar-refractivity contribution in [2.24, 2.45) is 5.73 Å². The van der Waals surface area contributed by atoms with Crippen molar-refractivity contribution >= 4 is 0 Å². The van der Waals surface area contributed by atoms with Gasteiger partial charge in [-0.25, -0.2) is 0 Å². The molecule has 0 aromatic heterocycles. The first-order chi connectivity index (χ1) is 7.99. The summed E-state index contributed by atoms with van der Waals surface area (Å²) in [5.41, 5.74) is 11.4. The molecule has 0 heterocycles. The highest BCUT2D eigenvalue weighted by Crippen LogP contribution is 2.44. The van der Waals surface area contributed by atoms with Crippen LogP contribution in [0.15, 0.2) is 6.07 Å². The van der Waals surface area contributed by atoms with Crippen LogP contribution in [-0.2, 0) is 5.54 Å². The first kappa shape index (κ1) is 12.4. The van der Waals surface area contributed by atoms with Crippen molar-refractivity contribution in [2.45, 2.75) is 52.0 Å². The maximum absolute atomic E-state index is 6.60. The molecule has 1 aromatic carbocycles. The maximum Gasteiger partial charge on any atom is 0.127 e. The number of nitrogens with two attached hydrogens (primary N) is 1. The van der Waals surface area contributed by atoms with E-state index in [1.807, 2.05) is 0 Å². The van der Waals surface area contributed by atoms with E-state index in [2.05, 4.69) is 26.8 Å². The van der Waals surface area contributed by atoms with E-state index in [0.29, 0.717) is 0 Å². The van der Waals surface area contributed by atoms with Crippen molar-refractivity contribution in [1.82, 2.24) is 0 Å². The second-order valence-electron chi connectivity index (χ2n) is 5.41. The van der Waals surface area contributed by atoms with Crippen molar-refractivity contribution in [2.75, 3.05) is 7.11 Å². The molecule has 0 atom stereocenters. The first-order valence-electron chi connectivity index (χ1n) is 6.44. The number of hydrogen-bond donors (Lipinski definition) is 1. The Labute approximate surface area is 104 Å². The highest BCUT2D eigenvalue weighted by atomic mass is 16.5.